The Kier molecular flexibility index (Phi) is 5.34. The molecule has 120 valence electrons. The third kappa shape index (κ3) is 4.02. The van der Waals surface area contributed by atoms with Gasteiger partial charge >= 0.3 is 0 Å². The van der Waals surface area contributed by atoms with Gasteiger partial charge in [-0.2, -0.15) is 4.98 Å². The quantitative estimate of drug-likeness (QED) is 0.838. The van der Waals surface area contributed by atoms with Gasteiger partial charge in [-0.05, 0) is 26.3 Å². The zero-order chi connectivity index (χ0) is 15.5. The van der Waals surface area contributed by atoms with Crippen molar-refractivity contribution in [3.8, 4) is 0 Å². The molecule has 0 amide bonds. The lowest BCUT2D eigenvalue weighted by Gasteiger charge is -2.29. The van der Waals surface area contributed by atoms with Crippen molar-refractivity contribution in [2.45, 2.75) is 43.9 Å². The number of nitrogens with one attached hydrogen (secondary N) is 1. The fraction of sp³-hybridized carbons (Fsp3) is 0.846. The van der Waals surface area contributed by atoms with Crippen LogP contribution in [0, 0.1) is 0 Å². The van der Waals surface area contributed by atoms with Crippen molar-refractivity contribution in [1.29, 1.82) is 0 Å². The molecule has 2 heterocycles. The van der Waals surface area contributed by atoms with Gasteiger partial charge < -0.3 is 14.6 Å². The largest absolute Gasteiger partial charge is 0.381 e. The van der Waals surface area contributed by atoms with E-state index >= 15 is 0 Å². The standard InChI is InChI=1S/C13H23N3O4S/c1-4-6-14-11-5-7-19-8-10(11)13-15-12(16-20-13)9(2)21(3,17)18/h9-11,14H,4-8H2,1-3H3. The summed E-state index contributed by atoms with van der Waals surface area (Å²) in [6, 6.07) is 0.223. The van der Waals surface area contributed by atoms with E-state index in [1.165, 1.54) is 6.26 Å². The molecule has 0 saturated carbocycles. The number of rotatable bonds is 6. The van der Waals surface area contributed by atoms with Crippen LogP contribution in [-0.4, -0.2) is 50.6 Å². The van der Waals surface area contributed by atoms with Gasteiger partial charge in [0.15, 0.2) is 15.7 Å². The van der Waals surface area contributed by atoms with E-state index in [4.69, 9.17) is 9.26 Å². The average molecular weight is 317 g/mol. The van der Waals surface area contributed by atoms with Gasteiger partial charge in [0.25, 0.3) is 0 Å². The van der Waals surface area contributed by atoms with Gasteiger partial charge in [0.2, 0.25) is 5.89 Å². The van der Waals surface area contributed by atoms with E-state index < -0.39 is 15.1 Å². The molecule has 8 heteroatoms. The number of hydrogen-bond donors (Lipinski definition) is 1. The minimum absolute atomic E-state index is 0.0293. The number of ether oxygens (including phenoxy) is 1. The third-order valence-corrected chi connectivity index (χ3v) is 5.29. The predicted octanol–water partition coefficient (Wildman–Crippen LogP) is 1.05. The first-order chi connectivity index (χ1) is 9.93. The lowest BCUT2D eigenvalue weighted by Crippen LogP contribution is -2.41. The second-order valence-corrected chi connectivity index (χ2v) is 7.86. The molecule has 1 N–H and O–H groups in total. The van der Waals surface area contributed by atoms with Crippen LogP contribution in [0.1, 0.15) is 49.6 Å². The second-order valence-electron chi connectivity index (χ2n) is 5.49. The van der Waals surface area contributed by atoms with E-state index in [0.717, 1.165) is 19.4 Å². The van der Waals surface area contributed by atoms with Gasteiger partial charge in [-0.3, -0.25) is 0 Å². The van der Waals surface area contributed by atoms with Crippen LogP contribution in [0.3, 0.4) is 0 Å². The Hall–Kier alpha value is -0.990. The first-order valence-corrected chi connectivity index (χ1v) is 9.22. The monoisotopic (exact) mass is 317 g/mol. The molecule has 1 aromatic heterocycles. The zero-order valence-electron chi connectivity index (χ0n) is 12.7. The molecule has 1 aliphatic rings. The summed E-state index contributed by atoms with van der Waals surface area (Å²) in [6.45, 7) is 5.81. The van der Waals surface area contributed by atoms with Gasteiger partial charge in [0.1, 0.15) is 5.25 Å². The number of hydrogen-bond acceptors (Lipinski definition) is 7. The predicted molar refractivity (Wildman–Crippen MR) is 77.8 cm³/mol. The van der Waals surface area contributed by atoms with Crippen molar-refractivity contribution in [3.05, 3.63) is 11.7 Å². The fourth-order valence-corrected chi connectivity index (χ4v) is 2.79. The normalized spacial score (nSPS) is 24.9. The Morgan fingerprint density at radius 2 is 2.24 bits per heavy atom. The summed E-state index contributed by atoms with van der Waals surface area (Å²) in [5.74, 6) is 0.638. The summed E-state index contributed by atoms with van der Waals surface area (Å²) < 4.78 is 33.9. The highest BCUT2D eigenvalue weighted by Crippen LogP contribution is 2.27. The molecule has 3 unspecified atom stereocenters. The van der Waals surface area contributed by atoms with E-state index in [0.29, 0.717) is 19.1 Å². The lowest BCUT2D eigenvalue weighted by atomic mass is 9.95. The van der Waals surface area contributed by atoms with E-state index in [1.807, 2.05) is 0 Å². The Labute approximate surface area is 125 Å². The van der Waals surface area contributed by atoms with Crippen LogP contribution in [0.15, 0.2) is 4.52 Å². The van der Waals surface area contributed by atoms with Crippen molar-refractivity contribution in [3.63, 3.8) is 0 Å². The first kappa shape index (κ1) is 16.4. The fourth-order valence-electron chi connectivity index (χ4n) is 2.31. The Bertz CT molecular complexity index is 558. The highest BCUT2D eigenvalue weighted by molar-refractivity contribution is 7.90. The minimum Gasteiger partial charge on any atom is -0.381 e. The summed E-state index contributed by atoms with van der Waals surface area (Å²) in [5, 5.41) is 6.52. The molecule has 1 aliphatic heterocycles. The van der Waals surface area contributed by atoms with Crippen LogP contribution in [0.2, 0.25) is 0 Å². The smallest absolute Gasteiger partial charge is 0.233 e. The van der Waals surface area contributed by atoms with E-state index in [2.05, 4.69) is 22.4 Å². The number of nitrogens with zero attached hydrogens (tertiary/aromatic N) is 2. The van der Waals surface area contributed by atoms with Crippen molar-refractivity contribution < 1.29 is 17.7 Å². The molecule has 0 aliphatic carbocycles. The van der Waals surface area contributed by atoms with Gasteiger partial charge in [0, 0.05) is 18.9 Å². The molecule has 0 aromatic carbocycles. The Morgan fingerprint density at radius 3 is 2.90 bits per heavy atom. The average Bonchev–Trinajstić information content (AvgIpc) is 2.93. The van der Waals surface area contributed by atoms with Gasteiger partial charge in [0.05, 0.1) is 12.5 Å². The molecule has 0 bridgehead atoms. The maximum Gasteiger partial charge on any atom is 0.233 e. The molecular weight excluding hydrogens is 294 g/mol. The van der Waals surface area contributed by atoms with Crippen LogP contribution >= 0.6 is 0 Å². The van der Waals surface area contributed by atoms with Crippen molar-refractivity contribution in [1.82, 2.24) is 15.5 Å². The van der Waals surface area contributed by atoms with Crippen LogP contribution in [0.5, 0.6) is 0 Å². The van der Waals surface area contributed by atoms with Gasteiger partial charge in [-0.1, -0.05) is 12.1 Å². The van der Waals surface area contributed by atoms with E-state index in [1.54, 1.807) is 6.92 Å². The van der Waals surface area contributed by atoms with Crippen LogP contribution in [-0.2, 0) is 14.6 Å². The number of sulfone groups is 1. The molecule has 1 aromatic rings. The van der Waals surface area contributed by atoms with Crippen molar-refractivity contribution >= 4 is 9.84 Å². The molecule has 0 radical (unpaired) electrons. The van der Waals surface area contributed by atoms with E-state index in [9.17, 15) is 8.42 Å². The SMILES string of the molecule is CCCNC1CCOCC1c1nc(C(C)S(C)(=O)=O)no1. The summed E-state index contributed by atoms with van der Waals surface area (Å²) >= 11 is 0. The zero-order valence-corrected chi connectivity index (χ0v) is 13.5. The molecular formula is C13H23N3O4S. The second kappa shape index (κ2) is 6.85. The molecule has 1 fully saturated rings. The van der Waals surface area contributed by atoms with Gasteiger partial charge in [-0.15, -0.1) is 0 Å². The Balaban J connectivity index is 2.14. The van der Waals surface area contributed by atoms with E-state index in [-0.39, 0.29) is 17.8 Å². The van der Waals surface area contributed by atoms with Crippen molar-refractivity contribution in [2.24, 2.45) is 0 Å². The lowest BCUT2D eigenvalue weighted by molar-refractivity contribution is 0.0498. The third-order valence-electron chi connectivity index (χ3n) is 3.79. The maximum absolute atomic E-state index is 11.6. The molecule has 3 atom stereocenters. The highest BCUT2D eigenvalue weighted by Gasteiger charge is 2.32. The Morgan fingerprint density at radius 1 is 1.48 bits per heavy atom. The molecule has 0 spiro atoms. The van der Waals surface area contributed by atoms with Gasteiger partial charge in [-0.25, -0.2) is 8.42 Å². The van der Waals surface area contributed by atoms with Crippen LogP contribution in [0.25, 0.3) is 0 Å². The topological polar surface area (TPSA) is 94.3 Å². The van der Waals surface area contributed by atoms with Crippen LogP contribution < -0.4 is 5.32 Å². The first-order valence-electron chi connectivity index (χ1n) is 7.27. The summed E-state index contributed by atoms with van der Waals surface area (Å²) in [4.78, 5) is 4.28. The van der Waals surface area contributed by atoms with Crippen molar-refractivity contribution in [2.75, 3.05) is 26.0 Å². The van der Waals surface area contributed by atoms with Crippen LogP contribution in [0.4, 0.5) is 0 Å². The molecule has 2 rings (SSSR count). The maximum atomic E-state index is 11.6. The molecule has 21 heavy (non-hydrogen) atoms. The number of aromatic nitrogens is 2. The molecule has 7 nitrogen and oxygen atoms in total. The summed E-state index contributed by atoms with van der Waals surface area (Å²) in [5.41, 5.74) is 0. The minimum atomic E-state index is -3.23. The highest BCUT2D eigenvalue weighted by atomic mass is 32.2. The molecule has 1 saturated heterocycles. The summed E-state index contributed by atoms with van der Waals surface area (Å²) in [7, 11) is -3.23. The summed E-state index contributed by atoms with van der Waals surface area (Å²) in [6.07, 6.45) is 3.09.